The van der Waals surface area contributed by atoms with Gasteiger partial charge in [-0.2, -0.15) is 0 Å². The Labute approximate surface area is 166 Å². The first-order chi connectivity index (χ1) is 13.5. The van der Waals surface area contributed by atoms with E-state index in [1.807, 2.05) is 30.3 Å². The second-order valence-electron chi connectivity index (χ2n) is 6.26. The number of thiazole rings is 1. The van der Waals surface area contributed by atoms with Gasteiger partial charge in [0.05, 0.1) is 21.7 Å². The SMILES string of the molecule is O=c1sc2cc(S(=O)(=O)NCc3cccnc3)ccc2n1Cc1ccccc1. The van der Waals surface area contributed by atoms with Gasteiger partial charge in [-0.1, -0.05) is 47.7 Å². The van der Waals surface area contributed by atoms with E-state index in [9.17, 15) is 13.2 Å². The molecule has 0 amide bonds. The minimum Gasteiger partial charge on any atom is -0.294 e. The van der Waals surface area contributed by atoms with E-state index in [0.717, 1.165) is 28.0 Å². The molecule has 0 atom stereocenters. The van der Waals surface area contributed by atoms with Crippen LogP contribution < -0.4 is 9.60 Å². The predicted octanol–water partition coefficient (Wildman–Crippen LogP) is 2.98. The van der Waals surface area contributed by atoms with Gasteiger partial charge in [0.15, 0.2) is 0 Å². The van der Waals surface area contributed by atoms with Gasteiger partial charge in [0.2, 0.25) is 10.0 Å². The first-order valence-electron chi connectivity index (χ1n) is 8.59. The molecule has 28 heavy (non-hydrogen) atoms. The first kappa shape index (κ1) is 18.5. The fourth-order valence-electron chi connectivity index (χ4n) is 2.89. The van der Waals surface area contributed by atoms with Gasteiger partial charge in [-0.05, 0) is 35.4 Å². The number of nitrogens with one attached hydrogen (secondary N) is 1. The molecule has 0 bridgehead atoms. The smallest absolute Gasteiger partial charge is 0.294 e. The Morgan fingerprint density at radius 1 is 1.00 bits per heavy atom. The second kappa shape index (κ2) is 7.67. The topological polar surface area (TPSA) is 81.1 Å². The van der Waals surface area contributed by atoms with Crippen molar-refractivity contribution >= 4 is 31.6 Å². The summed E-state index contributed by atoms with van der Waals surface area (Å²) < 4.78 is 30.1. The zero-order valence-corrected chi connectivity index (χ0v) is 16.4. The fourth-order valence-corrected chi connectivity index (χ4v) is 4.94. The molecule has 2 aromatic carbocycles. The quantitative estimate of drug-likeness (QED) is 0.529. The van der Waals surface area contributed by atoms with Crippen LogP contribution in [0.2, 0.25) is 0 Å². The van der Waals surface area contributed by atoms with E-state index in [2.05, 4.69) is 9.71 Å². The van der Waals surface area contributed by atoms with Crippen LogP contribution in [0.1, 0.15) is 11.1 Å². The Hall–Kier alpha value is -2.81. The van der Waals surface area contributed by atoms with Crippen LogP contribution in [-0.2, 0) is 23.1 Å². The van der Waals surface area contributed by atoms with Gasteiger partial charge in [0, 0.05) is 18.9 Å². The third kappa shape index (κ3) is 3.89. The molecule has 0 radical (unpaired) electrons. The molecule has 0 aliphatic rings. The van der Waals surface area contributed by atoms with Crippen LogP contribution in [0.15, 0.2) is 82.7 Å². The Bertz CT molecular complexity index is 1260. The third-order valence-corrected chi connectivity index (χ3v) is 6.66. The molecular weight excluding hydrogens is 394 g/mol. The number of hydrogen-bond donors (Lipinski definition) is 1. The molecule has 0 saturated heterocycles. The summed E-state index contributed by atoms with van der Waals surface area (Å²) in [5.41, 5.74) is 2.51. The van der Waals surface area contributed by atoms with Crippen molar-refractivity contribution in [3.63, 3.8) is 0 Å². The molecule has 4 aromatic rings. The number of rotatable bonds is 6. The van der Waals surface area contributed by atoms with Gasteiger partial charge in [-0.25, -0.2) is 13.1 Å². The van der Waals surface area contributed by atoms with E-state index in [1.54, 1.807) is 41.2 Å². The van der Waals surface area contributed by atoms with Crippen molar-refractivity contribution < 1.29 is 8.42 Å². The zero-order chi connectivity index (χ0) is 19.6. The highest BCUT2D eigenvalue weighted by atomic mass is 32.2. The fraction of sp³-hybridized carbons (Fsp3) is 0.100. The largest absolute Gasteiger partial charge is 0.308 e. The maximum atomic E-state index is 12.6. The van der Waals surface area contributed by atoms with Crippen molar-refractivity contribution in [2.24, 2.45) is 0 Å². The Morgan fingerprint density at radius 3 is 2.54 bits per heavy atom. The van der Waals surface area contributed by atoms with E-state index in [1.165, 1.54) is 6.07 Å². The summed E-state index contributed by atoms with van der Waals surface area (Å²) in [6.45, 7) is 0.602. The van der Waals surface area contributed by atoms with E-state index in [4.69, 9.17) is 0 Å². The Kier molecular flexibility index (Phi) is 5.08. The molecule has 8 heteroatoms. The summed E-state index contributed by atoms with van der Waals surface area (Å²) in [5, 5.41) is 0. The van der Waals surface area contributed by atoms with Gasteiger partial charge in [-0.3, -0.25) is 14.3 Å². The highest BCUT2D eigenvalue weighted by molar-refractivity contribution is 7.89. The lowest BCUT2D eigenvalue weighted by atomic mass is 10.2. The number of hydrogen-bond acceptors (Lipinski definition) is 5. The average molecular weight is 412 g/mol. The number of pyridine rings is 1. The van der Waals surface area contributed by atoms with E-state index < -0.39 is 10.0 Å². The summed E-state index contributed by atoms with van der Waals surface area (Å²) in [7, 11) is -3.69. The van der Waals surface area contributed by atoms with Crippen molar-refractivity contribution in [3.05, 3.63) is 93.9 Å². The van der Waals surface area contributed by atoms with Crippen molar-refractivity contribution in [1.82, 2.24) is 14.3 Å². The normalized spacial score (nSPS) is 11.7. The molecule has 4 rings (SSSR count). The van der Waals surface area contributed by atoms with Crippen LogP contribution in [0, 0.1) is 0 Å². The highest BCUT2D eigenvalue weighted by Gasteiger charge is 2.17. The number of benzene rings is 2. The molecule has 0 unspecified atom stereocenters. The molecular formula is C20H17N3O3S2. The number of fused-ring (bicyclic) bond motifs is 1. The third-order valence-electron chi connectivity index (χ3n) is 4.32. The molecule has 6 nitrogen and oxygen atoms in total. The molecule has 0 spiro atoms. The highest BCUT2D eigenvalue weighted by Crippen LogP contribution is 2.22. The maximum absolute atomic E-state index is 12.6. The molecule has 0 fully saturated rings. The molecule has 2 heterocycles. The lowest BCUT2D eigenvalue weighted by Gasteiger charge is -2.08. The van der Waals surface area contributed by atoms with Crippen molar-refractivity contribution in [2.45, 2.75) is 18.0 Å². The van der Waals surface area contributed by atoms with Crippen molar-refractivity contribution in [3.8, 4) is 0 Å². The molecule has 0 aliphatic heterocycles. The summed E-state index contributed by atoms with van der Waals surface area (Å²) in [6.07, 6.45) is 3.25. The number of sulfonamides is 1. The van der Waals surface area contributed by atoms with Gasteiger partial charge < -0.3 is 0 Å². The number of nitrogens with zero attached hydrogens (tertiary/aromatic N) is 2. The monoisotopic (exact) mass is 411 g/mol. The van der Waals surface area contributed by atoms with E-state index >= 15 is 0 Å². The van der Waals surface area contributed by atoms with Crippen molar-refractivity contribution in [2.75, 3.05) is 0 Å². The van der Waals surface area contributed by atoms with E-state index in [0.29, 0.717) is 11.2 Å². The maximum Gasteiger partial charge on any atom is 0.308 e. The van der Waals surface area contributed by atoms with Gasteiger partial charge >= 0.3 is 4.87 Å². The summed E-state index contributed by atoms with van der Waals surface area (Å²) in [5.74, 6) is 0. The second-order valence-corrected chi connectivity index (χ2v) is 9.02. The zero-order valence-electron chi connectivity index (χ0n) is 14.8. The Morgan fingerprint density at radius 2 is 1.79 bits per heavy atom. The van der Waals surface area contributed by atoms with Crippen molar-refractivity contribution in [1.29, 1.82) is 0 Å². The number of aromatic nitrogens is 2. The van der Waals surface area contributed by atoms with Gasteiger partial charge in [0.1, 0.15) is 0 Å². The van der Waals surface area contributed by atoms with Crippen LogP contribution in [0.25, 0.3) is 10.2 Å². The minimum atomic E-state index is -3.69. The summed E-state index contributed by atoms with van der Waals surface area (Å²) >= 11 is 1.05. The first-order valence-corrected chi connectivity index (χ1v) is 10.9. The summed E-state index contributed by atoms with van der Waals surface area (Å²) in [6, 6.07) is 18.0. The van der Waals surface area contributed by atoms with Crippen LogP contribution in [0.5, 0.6) is 0 Å². The minimum absolute atomic E-state index is 0.114. The van der Waals surface area contributed by atoms with Crippen LogP contribution in [0.4, 0.5) is 0 Å². The van der Waals surface area contributed by atoms with Crippen LogP contribution in [0.3, 0.4) is 0 Å². The molecule has 0 aliphatic carbocycles. The van der Waals surface area contributed by atoms with Gasteiger partial charge in [0.25, 0.3) is 0 Å². The molecule has 0 saturated carbocycles. The van der Waals surface area contributed by atoms with Crippen LogP contribution >= 0.6 is 11.3 Å². The average Bonchev–Trinajstić information content (AvgIpc) is 3.02. The molecule has 2 aromatic heterocycles. The Balaban J connectivity index is 1.62. The lowest BCUT2D eigenvalue weighted by molar-refractivity contribution is 0.581. The standard InChI is InChI=1S/C20H17N3O3S2/c24-20-23(14-15-5-2-1-3-6-15)18-9-8-17(11-19(18)27-20)28(25,26)22-13-16-7-4-10-21-12-16/h1-12,22H,13-14H2. The lowest BCUT2D eigenvalue weighted by Crippen LogP contribution is -2.23. The predicted molar refractivity (Wildman–Crippen MR) is 110 cm³/mol. The van der Waals surface area contributed by atoms with Gasteiger partial charge in [-0.15, -0.1) is 0 Å². The molecule has 142 valence electrons. The van der Waals surface area contributed by atoms with Crippen LogP contribution in [-0.4, -0.2) is 18.0 Å². The molecule has 1 N–H and O–H groups in total. The van der Waals surface area contributed by atoms with E-state index in [-0.39, 0.29) is 16.3 Å². The summed E-state index contributed by atoms with van der Waals surface area (Å²) in [4.78, 5) is 16.4.